The van der Waals surface area contributed by atoms with E-state index in [2.05, 4.69) is 6.58 Å². The van der Waals surface area contributed by atoms with E-state index in [-0.39, 0.29) is 12.3 Å². The van der Waals surface area contributed by atoms with Gasteiger partial charge < -0.3 is 14.7 Å². The molecule has 0 aliphatic heterocycles. The molecular formula is C20H29NO4. The molecule has 5 nitrogen and oxygen atoms in total. The molecule has 1 rings (SSSR count). The maximum atomic E-state index is 12.7. The molecule has 0 aliphatic rings. The second-order valence-corrected chi connectivity index (χ2v) is 7.18. The number of esters is 1. The van der Waals surface area contributed by atoms with Gasteiger partial charge in [0.05, 0.1) is 24.5 Å². The molecule has 1 aromatic rings. The number of aliphatic hydroxyl groups excluding tert-OH is 1. The van der Waals surface area contributed by atoms with Crippen LogP contribution >= 0.6 is 0 Å². The van der Waals surface area contributed by atoms with Gasteiger partial charge >= 0.3 is 5.97 Å². The van der Waals surface area contributed by atoms with Gasteiger partial charge in [-0.1, -0.05) is 36.4 Å². The topological polar surface area (TPSA) is 66.8 Å². The van der Waals surface area contributed by atoms with Crippen molar-refractivity contribution in [1.82, 2.24) is 4.90 Å². The van der Waals surface area contributed by atoms with Crippen molar-refractivity contribution in [3.8, 4) is 0 Å². The Balaban J connectivity index is 2.77. The van der Waals surface area contributed by atoms with Gasteiger partial charge in [0.2, 0.25) is 5.91 Å². The highest BCUT2D eigenvalue weighted by atomic mass is 16.6. The molecular weight excluding hydrogens is 318 g/mol. The first-order chi connectivity index (χ1) is 11.6. The van der Waals surface area contributed by atoms with Crippen LogP contribution < -0.4 is 0 Å². The van der Waals surface area contributed by atoms with Gasteiger partial charge in [-0.15, -0.1) is 6.58 Å². The number of ether oxygens (including phenoxy) is 1. The van der Waals surface area contributed by atoms with Crippen LogP contribution in [0.25, 0.3) is 0 Å². The molecule has 0 aliphatic carbocycles. The van der Waals surface area contributed by atoms with Crippen molar-refractivity contribution < 1.29 is 19.4 Å². The Kier molecular flexibility index (Phi) is 7.37. The zero-order valence-electron chi connectivity index (χ0n) is 15.7. The summed E-state index contributed by atoms with van der Waals surface area (Å²) >= 11 is 0. The maximum absolute atomic E-state index is 12.7. The molecule has 1 amide bonds. The van der Waals surface area contributed by atoms with Gasteiger partial charge in [0.15, 0.2) is 0 Å². The summed E-state index contributed by atoms with van der Waals surface area (Å²) in [4.78, 5) is 26.1. The van der Waals surface area contributed by atoms with Crippen LogP contribution in [0.2, 0.25) is 0 Å². The molecule has 1 N–H and O–H groups in total. The van der Waals surface area contributed by atoms with Crippen molar-refractivity contribution in [3.63, 3.8) is 0 Å². The van der Waals surface area contributed by atoms with E-state index in [0.29, 0.717) is 0 Å². The Labute approximate surface area is 150 Å². The monoisotopic (exact) mass is 347 g/mol. The summed E-state index contributed by atoms with van der Waals surface area (Å²) in [7, 11) is 1.62. The van der Waals surface area contributed by atoms with Crippen LogP contribution in [0.5, 0.6) is 0 Å². The first kappa shape index (κ1) is 20.9. The van der Waals surface area contributed by atoms with Gasteiger partial charge in [0.25, 0.3) is 0 Å². The second-order valence-electron chi connectivity index (χ2n) is 7.18. The number of amides is 1. The number of hydrogen-bond donors (Lipinski definition) is 1. The lowest BCUT2D eigenvalue weighted by Crippen LogP contribution is -2.42. The maximum Gasteiger partial charge on any atom is 0.307 e. The first-order valence-corrected chi connectivity index (χ1v) is 8.41. The van der Waals surface area contributed by atoms with Crippen LogP contribution in [-0.4, -0.2) is 40.6 Å². The third-order valence-corrected chi connectivity index (χ3v) is 3.96. The minimum absolute atomic E-state index is 0.0713. The van der Waals surface area contributed by atoms with Gasteiger partial charge in [-0.3, -0.25) is 9.59 Å². The van der Waals surface area contributed by atoms with Gasteiger partial charge in [0.1, 0.15) is 5.60 Å². The third kappa shape index (κ3) is 6.35. The SMILES string of the molecule is C=C[C@H](CC(=O)OC(C)(C)C)C(=O)N(C)[C@@H](C)[C@@H](O)c1ccccc1. The third-order valence-electron chi connectivity index (χ3n) is 3.96. The molecule has 0 saturated heterocycles. The molecule has 3 atom stereocenters. The summed E-state index contributed by atoms with van der Waals surface area (Å²) in [6.07, 6.45) is 0.560. The molecule has 5 heteroatoms. The standard InChI is InChI=1S/C20H29NO4/c1-7-15(13-17(22)25-20(3,4)5)19(24)21(6)14(2)18(23)16-11-9-8-10-12-16/h7-12,14-15,18,23H,1,13H2,2-6H3/t14-,15+,18+/m0/s1. The van der Waals surface area contributed by atoms with Crippen molar-refractivity contribution >= 4 is 11.9 Å². The van der Waals surface area contributed by atoms with Gasteiger partial charge in [-0.05, 0) is 33.3 Å². The van der Waals surface area contributed by atoms with Crippen LogP contribution in [0.1, 0.15) is 45.8 Å². The van der Waals surface area contributed by atoms with E-state index in [1.807, 2.05) is 30.3 Å². The van der Waals surface area contributed by atoms with Gasteiger partial charge in [0, 0.05) is 7.05 Å². The van der Waals surface area contributed by atoms with E-state index in [4.69, 9.17) is 4.74 Å². The molecule has 0 spiro atoms. The zero-order valence-corrected chi connectivity index (χ0v) is 15.7. The number of rotatable bonds is 7. The highest BCUT2D eigenvalue weighted by molar-refractivity contribution is 5.85. The van der Waals surface area contributed by atoms with Gasteiger partial charge in [-0.25, -0.2) is 0 Å². The smallest absolute Gasteiger partial charge is 0.307 e. The fourth-order valence-corrected chi connectivity index (χ4v) is 2.44. The summed E-state index contributed by atoms with van der Waals surface area (Å²) in [5, 5.41) is 10.5. The quantitative estimate of drug-likeness (QED) is 0.608. The molecule has 1 aromatic carbocycles. The minimum atomic E-state index is -0.817. The van der Waals surface area contributed by atoms with Crippen LogP contribution in [0.4, 0.5) is 0 Å². The van der Waals surface area contributed by atoms with Crippen molar-refractivity contribution in [2.75, 3.05) is 7.05 Å². The summed E-state index contributed by atoms with van der Waals surface area (Å²) in [6.45, 7) is 10.8. The predicted octanol–water partition coefficient (Wildman–Crippen LogP) is 3.10. The zero-order chi connectivity index (χ0) is 19.2. The summed E-state index contributed by atoms with van der Waals surface area (Å²) in [5.41, 5.74) is 0.131. The average Bonchev–Trinajstić information content (AvgIpc) is 2.56. The Morgan fingerprint density at radius 2 is 1.84 bits per heavy atom. The molecule has 0 fully saturated rings. The molecule has 0 saturated carbocycles. The fourth-order valence-electron chi connectivity index (χ4n) is 2.44. The lowest BCUT2D eigenvalue weighted by Gasteiger charge is -2.31. The van der Waals surface area contributed by atoms with Crippen molar-refractivity contribution in [1.29, 1.82) is 0 Å². The lowest BCUT2D eigenvalue weighted by atomic mass is 9.99. The van der Waals surface area contributed by atoms with E-state index >= 15 is 0 Å². The first-order valence-electron chi connectivity index (χ1n) is 8.41. The van der Waals surface area contributed by atoms with Crippen LogP contribution in [0.3, 0.4) is 0 Å². The highest BCUT2D eigenvalue weighted by Crippen LogP contribution is 2.22. The summed E-state index contributed by atoms with van der Waals surface area (Å²) in [6, 6.07) is 8.71. The number of carbonyl (C=O) groups excluding carboxylic acids is 2. The van der Waals surface area contributed by atoms with Crippen molar-refractivity contribution in [3.05, 3.63) is 48.6 Å². The molecule has 25 heavy (non-hydrogen) atoms. The molecule has 0 aromatic heterocycles. The minimum Gasteiger partial charge on any atom is -0.460 e. The van der Waals surface area contributed by atoms with E-state index in [9.17, 15) is 14.7 Å². The fraction of sp³-hybridized carbons (Fsp3) is 0.500. The number of hydrogen-bond acceptors (Lipinski definition) is 4. The number of likely N-dealkylation sites (N-methyl/N-ethyl adjacent to an activating group) is 1. The van der Waals surface area contributed by atoms with Crippen molar-refractivity contribution in [2.45, 2.75) is 51.9 Å². The van der Waals surface area contributed by atoms with Crippen LogP contribution in [0, 0.1) is 5.92 Å². The summed E-state index contributed by atoms with van der Waals surface area (Å²) < 4.78 is 5.27. The second kappa shape index (κ2) is 8.81. The van der Waals surface area contributed by atoms with Crippen LogP contribution in [-0.2, 0) is 14.3 Å². The Morgan fingerprint density at radius 3 is 2.32 bits per heavy atom. The molecule has 0 radical (unpaired) electrons. The predicted molar refractivity (Wildman–Crippen MR) is 97.8 cm³/mol. The molecule has 138 valence electrons. The van der Waals surface area contributed by atoms with Crippen molar-refractivity contribution in [2.24, 2.45) is 5.92 Å². The molecule has 0 bridgehead atoms. The van der Waals surface area contributed by atoms with E-state index in [0.717, 1.165) is 5.56 Å². The Hall–Kier alpha value is -2.14. The highest BCUT2D eigenvalue weighted by Gasteiger charge is 2.30. The number of nitrogens with zero attached hydrogens (tertiary/aromatic N) is 1. The Bertz CT molecular complexity index is 591. The van der Waals surface area contributed by atoms with E-state index < -0.39 is 29.6 Å². The molecule has 0 heterocycles. The molecule has 0 unspecified atom stereocenters. The average molecular weight is 347 g/mol. The van der Waals surface area contributed by atoms with Crippen LogP contribution in [0.15, 0.2) is 43.0 Å². The Morgan fingerprint density at radius 1 is 1.28 bits per heavy atom. The summed E-state index contributed by atoms with van der Waals surface area (Å²) in [5.74, 6) is -1.41. The van der Waals surface area contributed by atoms with Gasteiger partial charge in [-0.2, -0.15) is 0 Å². The van der Waals surface area contributed by atoms with E-state index in [1.165, 1.54) is 11.0 Å². The number of benzene rings is 1. The number of aliphatic hydroxyl groups is 1. The lowest BCUT2D eigenvalue weighted by molar-refractivity contribution is -0.158. The normalized spacial score (nSPS) is 15.0. The largest absolute Gasteiger partial charge is 0.460 e. The number of carbonyl (C=O) groups is 2. The van der Waals surface area contributed by atoms with E-state index in [1.54, 1.807) is 34.7 Å².